The van der Waals surface area contributed by atoms with Gasteiger partial charge >= 0.3 is 0 Å². The first kappa shape index (κ1) is 16.0. The van der Waals surface area contributed by atoms with Gasteiger partial charge < -0.3 is 14.1 Å². The molecule has 1 aliphatic heterocycles. The molecular weight excluding hydrogens is 395 g/mol. The number of rotatable bonds is 4. The summed E-state index contributed by atoms with van der Waals surface area (Å²) in [6.07, 6.45) is 3.08. The Labute approximate surface area is 150 Å². The molecule has 1 saturated heterocycles. The van der Waals surface area contributed by atoms with Gasteiger partial charge in [-0.2, -0.15) is 10.2 Å². The van der Waals surface area contributed by atoms with E-state index in [1.54, 1.807) is 6.07 Å². The molecule has 0 spiro atoms. The lowest BCUT2D eigenvalue weighted by atomic mass is 10.1. The lowest BCUT2D eigenvalue weighted by molar-refractivity contribution is 0.167. The van der Waals surface area contributed by atoms with Crippen molar-refractivity contribution >= 4 is 21.9 Å². The summed E-state index contributed by atoms with van der Waals surface area (Å²) in [6, 6.07) is 4.95. The van der Waals surface area contributed by atoms with E-state index < -0.39 is 0 Å². The summed E-state index contributed by atoms with van der Waals surface area (Å²) in [5, 5.41) is 13.6. The molecule has 0 atom stereocenters. The highest BCUT2D eigenvalue weighted by molar-refractivity contribution is 9.10. The van der Waals surface area contributed by atoms with Crippen molar-refractivity contribution in [1.82, 2.24) is 25.6 Å². The van der Waals surface area contributed by atoms with E-state index in [2.05, 4.69) is 41.5 Å². The number of nitrogens with zero attached hydrogens (tertiary/aromatic N) is 5. The number of hydrogen-bond acceptors (Lipinski definition) is 7. The second-order valence-electron chi connectivity index (χ2n) is 5.63. The van der Waals surface area contributed by atoms with Gasteiger partial charge in [0, 0.05) is 32.0 Å². The van der Waals surface area contributed by atoms with Crippen LogP contribution in [0.15, 0.2) is 33.4 Å². The van der Waals surface area contributed by atoms with Crippen molar-refractivity contribution in [3.05, 3.63) is 34.8 Å². The van der Waals surface area contributed by atoms with Crippen molar-refractivity contribution in [2.45, 2.75) is 18.9 Å². The third-order valence-corrected chi connectivity index (χ3v) is 4.62. The molecular formula is C15H14BrFN6O2. The molecule has 4 rings (SSSR count). The quantitative estimate of drug-likeness (QED) is 0.708. The SMILES string of the molecule is Fc1ccc(Br)c(OC2CCN(c3nc(-c4nn[nH]n4)co3)CC2)c1. The maximum absolute atomic E-state index is 13.4. The van der Waals surface area contributed by atoms with Crippen molar-refractivity contribution in [2.24, 2.45) is 0 Å². The number of H-pyrrole nitrogens is 1. The average molecular weight is 409 g/mol. The predicted molar refractivity (Wildman–Crippen MR) is 89.6 cm³/mol. The fraction of sp³-hybridized carbons (Fsp3) is 0.333. The lowest BCUT2D eigenvalue weighted by Gasteiger charge is -2.31. The number of aromatic nitrogens is 5. The third-order valence-electron chi connectivity index (χ3n) is 3.97. The van der Waals surface area contributed by atoms with Gasteiger partial charge in [0.25, 0.3) is 6.01 Å². The van der Waals surface area contributed by atoms with E-state index >= 15 is 0 Å². The number of anilines is 1. The number of oxazole rings is 1. The number of ether oxygens (including phenoxy) is 1. The Balaban J connectivity index is 1.38. The Morgan fingerprint density at radius 3 is 2.92 bits per heavy atom. The van der Waals surface area contributed by atoms with Crippen LogP contribution in [0.3, 0.4) is 0 Å². The van der Waals surface area contributed by atoms with E-state index in [1.807, 2.05) is 4.90 Å². The zero-order valence-electron chi connectivity index (χ0n) is 13.0. The second kappa shape index (κ2) is 6.79. The van der Waals surface area contributed by atoms with Crippen molar-refractivity contribution in [2.75, 3.05) is 18.0 Å². The number of hydrogen-bond donors (Lipinski definition) is 1. The van der Waals surface area contributed by atoms with Gasteiger partial charge in [0.05, 0.1) is 4.47 Å². The second-order valence-corrected chi connectivity index (χ2v) is 6.48. The van der Waals surface area contributed by atoms with Gasteiger partial charge in [-0.3, -0.25) is 0 Å². The zero-order valence-corrected chi connectivity index (χ0v) is 14.6. The number of tetrazole rings is 1. The molecule has 2 aromatic heterocycles. The summed E-state index contributed by atoms with van der Waals surface area (Å²) in [5.41, 5.74) is 0.533. The molecule has 0 unspecified atom stereocenters. The van der Waals surface area contributed by atoms with E-state index in [0.717, 1.165) is 30.4 Å². The Kier molecular flexibility index (Phi) is 4.35. The number of aromatic amines is 1. The summed E-state index contributed by atoms with van der Waals surface area (Å²) in [7, 11) is 0. The minimum absolute atomic E-state index is 0.0148. The molecule has 0 saturated carbocycles. The summed E-state index contributed by atoms with van der Waals surface area (Å²) >= 11 is 3.38. The molecule has 1 aliphatic rings. The molecule has 3 heterocycles. The molecule has 3 aromatic rings. The number of piperidine rings is 1. The number of benzene rings is 1. The van der Waals surface area contributed by atoms with Crippen LogP contribution in [0.25, 0.3) is 11.5 Å². The van der Waals surface area contributed by atoms with Crippen molar-refractivity contribution in [1.29, 1.82) is 0 Å². The number of halogens is 2. The first-order chi connectivity index (χ1) is 12.2. The van der Waals surface area contributed by atoms with Crippen LogP contribution in [-0.4, -0.2) is 44.8 Å². The Morgan fingerprint density at radius 2 is 2.16 bits per heavy atom. The summed E-state index contributed by atoms with van der Waals surface area (Å²) in [6.45, 7) is 1.45. The van der Waals surface area contributed by atoms with Gasteiger partial charge in [0.15, 0.2) is 5.69 Å². The maximum atomic E-state index is 13.4. The first-order valence-corrected chi connectivity index (χ1v) is 8.54. The Morgan fingerprint density at radius 1 is 1.32 bits per heavy atom. The topological polar surface area (TPSA) is 93.0 Å². The van der Waals surface area contributed by atoms with Crippen molar-refractivity contribution < 1.29 is 13.5 Å². The summed E-state index contributed by atoms with van der Waals surface area (Å²) in [4.78, 5) is 6.42. The average Bonchev–Trinajstić information content (AvgIpc) is 3.30. The van der Waals surface area contributed by atoms with Crippen molar-refractivity contribution in [3.63, 3.8) is 0 Å². The fourth-order valence-corrected chi connectivity index (χ4v) is 3.03. The molecule has 0 radical (unpaired) electrons. The standard InChI is InChI=1S/C15H14BrFN6O2/c16-11-2-1-9(17)7-13(11)25-10-3-5-23(6-4-10)15-18-12(8-24-15)14-19-21-22-20-14/h1-2,7-8,10H,3-6H2,(H,19,20,21,22). The fourth-order valence-electron chi connectivity index (χ4n) is 2.69. The molecule has 25 heavy (non-hydrogen) atoms. The van der Waals surface area contributed by atoms with Gasteiger partial charge in [-0.15, -0.1) is 10.2 Å². The van der Waals surface area contributed by atoms with E-state index in [0.29, 0.717) is 23.3 Å². The third kappa shape index (κ3) is 3.48. The van der Waals surface area contributed by atoms with Crippen molar-refractivity contribution in [3.8, 4) is 17.3 Å². The maximum Gasteiger partial charge on any atom is 0.297 e. The molecule has 0 aliphatic carbocycles. The Bertz CT molecular complexity index is 848. The van der Waals surface area contributed by atoms with E-state index in [4.69, 9.17) is 9.15 Å². The van der Waals surface area contributed by atoms with Crippen LogP contribution in [0, 0.1) is 5.82 Å². The predicted octanol–water partition coefficient (Wildman–Crippen LogP) is 2.80. The summed E-state index contributed by atoms with van der Waals surface area (Å²) < 4.78 is 25.5. The van der Waals surface area contributed by atoms with Crippen LogP contribution in [-0.2, 0) is 0 Å². The van der Waals surface area contributed by atoms with Gasteiger partial charge in [-0.1, -0.05) is 0 Å². The summed E-state index contributed by atoms with van der Waals surface area (Å²) in [5.74, 6) is 0.600. The van der Waals surface area contributed by atoms with Gasteiger partial charge in [0.2, 0.25) is 5.82 Å². The molecule has 10 heteroatoms. The van der Waals surface area contributed by atoms with E-state index in [9.17, 15) is 4.39 Å². The highest BCUT2D eigenvalue weighted by atomic mass is 79.9. The van der Waals surface area contributed by atoms with E-state index in [-0.39, 0.29) is 11.9 Å². The van der Waals surface area contributed by atoms with Crippen LogP contribution in [0.4, 0.5) is 10.4 Å². The molecule has 0 amide bonds. The number of nitrogens with one attached hydrogen (secondary N) is 1. The highest BCUT2D eigenvalue weighted by Gasteiger charge is 2.24. The molecule has 8 nitrogen and oxygen atoms in total. The molecule has 1 fully saturated rings. The van der Waals surface area contributed by atoms with Gasteiger partial charge in [-0.05, 0) is 33.3 Å². The monoisotopic (exact) mass is 408 g/mol. The molecule has 1 aromatic carbocycles. The zero-order chi connectivity index (χ0) is 17.2. The lowest BCUT2D eigenvalue weighted by Crippen LogP contribution is -2.38. The normalized spacial score (nSPS) is 15.5. The van der Waals surface area contributed by atoms with Crippen LogP contribution in [0.5, 0.6) is 5.75 Å². The molecule has 1 N–H and O–H groups in total. The first-order valence-electron chi connectivity index (χ1n) is 7.75. The minimum Gasteiger partial charge on any atom is -0.489 e. The largest absolute Gasteiger partial charge is 0.489 e. The van der Waals surface area contributed by atoms with Gasteiger partial charge in [0.1, 0.15) is 23.9 Å². The van der Waals surface area contributed by atoms with Crippen LogP contribution in [0.1, 0.15) is 12.8 Å². The van der Waals surface area contributed by atoms with Crippen LogP contribution in [0.2, 0.25) is 0 Å². The highest BCUT2D eigenvalue weighted by Crippen LogP contribution is 2.29. The molecule has 0 bridgehead atoms. The molecule has 130 valence electrons. The van der Waals surface area contributed by atoms with Gasteiger partial charge in [-0.25, -0.2) is 4.39 Å². The minimum atomic E-state index is -0.315. The smallest absolute Gasteiger partial charge is 0.297 e. The van der Waals surface area contributed by atoms with Crippen LogP contribution < -0.4 is 9.64 Å². The van der Waals surface area contributed by atoms with E-state index in [1.165, 1.54) is 18.4 Å². The van der Waals surface area contributed by atoms with Crippen LogP contribution >= 0.6 is 15.9 Å². The Hall–Kier alpha value is -2.49.